The highest BCUT2D eigenvalue weighted by Crippen LogP contribution is 2.32. The highest BCUT2D eigenvalue weighted by atomic mass is 35.5. The summed E-state index contributed by atoms with van der Waals surface area (Å²) in [6, 6.07) is 8.53. The third-order valence-electron chi connectivity index (χ3n) is 3.55. The quantitative estimate of drug-likeness (QED) is 0.840. The van der Waals surface area contributed by atoms with E-state index in [1.807, 2.05) is 0 Å². The van der Waals surface area contributed by atoms with Crippen LogP contribution in [0.1, 0.15) is 30.4 Å². The first-order chi connectivity index (χ1) is 8.69. The second-order valence-electron chi connectivity index (χ2n) is 5.23. The molecule has 0 aliphatic heterocycles. The van der Waals surface area contributed by atoms with Crippen LogP contribution in [0.15, 0.2) is 24.3 Å². The number of nitrogens with one attached hydrogen (secondary N) is 1. The van der Waals surface area contributed by atoms with Gasteiger partial charge in [-0.3, -0.25) is 4.79 Å². The van der Waals surface area contributed by atoms with Gasteiger partial charge in [0.1, 0.15) is 0 Å². The Balaban J connectivity index is 0.00000180. The number of carbonyl (C=O) groups excluding carboxylic acids is 1. The molecule has 0 spiro atoms. The smallest absolute Gasteiger partial charge is 0.220 e. The van der Waals surface area contributed by atoms with Gasteiger partial charge in [-0.1, -0.05) is 29.8 Å². The number of hydrogen-bond donors (Lipinski definition) is 2. The Hall–Kier alpha value is -1.06. The van der Waals surface area contributed by atoms with Gasteiger partial charge in [0.05, 0.1) is 0 Å². The van der Waals surface area contributed by atoms with Crippen LogP contribution < -0.4 is 11.1 Å². The lowest BCUT2D eigenvalue weighted by atomic mass is 10.1. The summed E-state index contributed by atoms with van der Waals surface area (Å²) < 4.78 is 0. The molecular weight excluding hydrogens is 260 g/mol. The normalized spacial score (nSPS) is 15.5. The fraction of sp³-hybridized carbons (Fsp3) is 0.533. The molecule has 1 aliphatic carbocycles. The molecule has 106 valence electrons. The third kappa shape index (κ3) is 5.21. The van der Waals surface area contributed by atoms with Gasteiger partial charge in [-0.2, -0.15) is 0 Å². The highest BCUT2D eigenvalue weighted by Gasteiger charge is 2.30. The van der Waals surface area contributed by atoms with Gasteiger partial charge in [-0.25, -0.2) is 0 Å². The van der Waals surface area contributed by atoms with Crippen molar-refractivity contribution in [3.05, 3.63) is 35.4 Å². The lowest BCUT2D eigenvalue weighted by Crippen LogP contribution is -2.41. The summed E-state index contributed by atoms with van der Waals surface area (Å²) >= 11 is 0. The number of halogens is 1. The zero-order chi connectivity index (χ0) is 13.0. The minimum Gasteiger partial charge on any atom is -0.352 e. The van der Waals surface area contributed by atoms with Gasteiger partial charge in [0.25, 0.3) is 0 Å². The first kappa shape index (κ1) is 16.0. The Morgan fingerprint density at radius 1 is 1.37 bits per heavy atom. The van der Waals surface area contributed by atoms with Crippen molar-refractivity contribution >= 4 is 18.3 Å². The van der Waals surface area contributed by atoms with Crippen molar-refractivity contribution in [3.63, 3.8) is 0 Å². The molecule has 1 fully saturated rings. The topological polar surface area (TPSA) is 55.1 Å². The molecule has 3 N–H and O–H groups in total. The van der Waals surface area contributed by atoms with E-state index in [2.05, 4.69) is 36.5 Å². The molecule has 1 amide bonds. The van der Waals surface area contributed by atoms with Crippen molar-refractivity contribution in [2.24, 2.45) is 11.7 Å². The van der Waals surface area contributed by atoms with Crippen molar-refractivity contribution in [2.45, 2.75) is 38.6 Å². The molecule has 1 aromatic rings. The zero-order valence-corrected chi connectivity index (χ0v) is 12.2. The first-order valence-corrected chi connectivity index (χ1v) is 6.74. The van der Waals surface area contributed by atoms with E-state index in [-0.39, 0.29) is 24.4 Å². The SMILES string of the molecule is Cc1ccc(CCC(=O)NC(CN)C2CC2)cc1.Cl. The van der Waals surface area contributed by atoms with Crippen LogP contribution in [-0.4, -0.2) is 18.5 Å². The van der Waals surface area contributed by atoms with E-state index in [1.165, 1.54) is 24.0 Å². The van der Waals surface area contributed by atoms with Gasteiger partial charge in [0.2, 0.25) is 5.91 Å². The minimum atomic E-state index is 0. The Morgan fingerprint density at radius 2 is 2.00 bits per heavy atom. The van der Waals surface area contributed by atoms with Gasteiger partial charge >= 0.3 is 0 Å². The van der Waals surface area contributed by atoms with Crippen LogP contribution in [0.3, 0.4) is 0 Å². The van der Waals surface area contributed by atoms with Crippen molar-refractivity contribution < 1.29 is 4.79 Å². The van der Waals surface area contributed by atoms with E-state index in [0.717, 1.165) is 6.42 Å². The van der Waals surface area contributed by atoms with Gasteiger partial charge in [-0.05, 0) is 37.7 Å². The predicted molar refractivity (Wildman–Crippen MR) is 80.5 cm³/mol. The molecule has 4 heteroatoms. The third-order valence-corrected chi connectivity index (χ3v) is 3.55. The lowest BCUT2D eigenvalue weighted by Gasteiger charge is -2.15. The fourth-order valence-corrected chi connectivity index (χ4v) is 2.16. The van der Waals surface area contributed by atoms with Gasteiger partial charge in [-0.15, -0.1) is 12.4 Å². The van der Waals surface area contributed by atoms with Crippen LogP contribution in [0, 0.1) is 12.8 Å². The van der Waals surface area contributed by atoms with Gasteiger partial charge in [0, 0.05) is 19.0 Å². The Bertz CT molecular complexity index is 401. The molecular formula is C15H23ClN2O. The van der Waals surface area contributed by atoms with Crippen molar-refractivity contribution in [2.75, 3.05) is 6.54 Å². The zero-order valence-electron chi connectivity index (χ0n) is 11.4. The van der Waals surface area contributed by atoms with Crippen molar-refractivity contribution in [1.82, 2.24) is 5.32 Å². The maximum Gasteiger partial charge on any atom is 0.220 e. The molecule has 1 aliphatic rings. The summed E-state index contributed by atoms with van der Waals surface area (Å²) in [5, 5.41) is 3.05. The number of amides is 1. The molecule has 0 bridgehead atoms. The summed E-state index contributed by atoms with van der Waals surface area (Å²) in [5.41, 5.74) is 8.14. The number of aryl methyl sites for hydroxylation is 2. The van der Waals surface area contributed by atoms with Crippen LogP contribution in [-0.2, 0) is 11.2 Å². The van der Waals surface area contributed by atoms with E-state index in [1.54, 1.807) is 0 Å². The monoisotopic (exact) mass is 282 g/mol. The molecule has 1 unspecified atom stereocenters. The Morgan fingerprint density at radius 3 is 2.53 bits per heavy atom. The summed E-state index contributed by atoms with van der Waals surface area (Å²) in [4.78, 5) is 11.8. The van der Waals surface area contributed by atoms with E-state index < -0.39 is 0 Å². The molecule has 2 rings (SSSR count). The Kier molecular flexibility index (Phi) is 6.32. The summed E-state index contributed by atoms with van der Waals surface area (Å²) in [5.74, 6) is 0.747. The fourth-order valence-electron chi connectivity index (χ4n) is 2.16. The second-order valence-corrected chi connectivity index (χ2v) is 5.23. The van der Waals surface area contributed by atoms with Crippen molar-refractivity contribution in [3.8, 4) is 0 Å². The molecule has 1 saturated carbocycles. The maximum atomic E-state index is 11.8. The minimum absolute atomic E-state index is 0. The Labute approximate surface area is 121 Å². The van der Waals surface area contributed by atoms with Crippen LogP contribution in [0.5, 0.6) is 0 Å². The average molecular weight is 283 g/mol. The lowest BCUT2D eigenvalue weighted by molar-refractivity contribution is -0.121. The predicted octanol–water partition coefficient (Wildman–Crippen LogP) is 2.20. The highest BCUT2D eigenvalue weighted by molar-refractivity contribution is 5.85. The van der Waals surface area contributed by atoms with E-state index in [4.69, 9.17) is 5.73 Å². The molecule has 0 heterocycles. The summed E-state index contributed by atoms with van der Waals surface area (Å²) in [7, 11) is 0. The van der Waals surface area contributed by atoms with Crippen LogP contribution in [0.2, 0.25) is 0 Å². The van der Waals surface area contributed by atoms with E-state index >= 15 is 0 Å². The number of nitrogens with two attached hydrogens (primary N) is 1. The van der Waals surface area contributed by atoms with Gasteiger partial charge in [0.15, 0.2) is 0 Å². The summed E-state index contributed by atoms with van der Waals surface area (Å²) in [6.45, 7) is 2.62. The molecule has 0 aromatic heterocycles. The maximum absolute atomic E-state index is 11.8. The standard InChI is InChI=1S/C15H22N2O.ClH/c1-11-2-4-12(5-3-11)6-9-15(18)17-14(10-16)13-7-8-13;/h2-5,13-14H,6-10,16H2,1H3,(H,17,18);1H. The van der Waals surface area contributed by atoms with Crippen LogP contribution in [0.4, 0.5) is 0 Å². The molecule has 3 nitrogen and oxygen atoms in total. The number of benzene rings is 1. The van der Waals surface area contributed by atoms with E-state index in [0.29, 0.717) is 18.9 Å². The number of hydrogen-bond acceptors (Lipinski definition) is 2. The second kappa shape index (κ2) is 7.51. The van der Waals surface area contributed by atoms with Crippen LogP contribution in [0.25, 0.3) is 0 Å². The molecule has 0 saturated heterocycles. The van der Waals surface area contributed by atoms with Gasteiger partial charge < -0.3 is 11.1 Å². The molecule has 0 radical (unpaired) electrons. The van der Waals surface area contributed by atoms with Crippen LogP contribution >= 0.6 is 12.4 Å². The average Bonchev–Trinajstić information content (AvgIpc) is 3.19. The first-order valence-electron chi connectivity index (χ1n) is 6.74. The van der Waals surface area contributed by atoms with E-state index in [9.17, 15) is 4.79 Å². The van der Waals surface area contributed by atoms with Crippen molar-refractivity contribution in [1.29, 1.82) is 0 Å². The summed E-state index contributed by atoms with van der Waals surface area (Å²) in [6.07, 6.45) is 3.76. The molecule has 1 aromatic carbocycles. The molecule has 1 atom stereocenters. The number of carbonyl (C=O) groups is 1. The number of rotatable bonds is 6. The molecule has 19 heavy (non-hydrogen) atoms. The largest absolute Gasteiger partial charge is 0.352 e.